The molecule has 0 spiro atoms. The maximum Gasteiger partial charge on any atom is 0.392 e. The maximum absolute atomic E-state index is 13.1. The molecule has 0 saturated heterocycles. The molecule has 1 aromatic carbocycles. The molecule has 1 saturated carbocycles. The lowest BCUT2D eigenvalue weighted by Gasteiger charge is -2.32. The highest BCUT2D eigenvalue weighted by atomic mass is 19.4. The average Bonchev–Trinajstić information content (AvgIpc) is 2.52. The molecular formula is C18H25F3N2O. The quantitative estimate of drug-likeness (QED) is 0.884. The van der Waals surface area contributed by atoms with Gasteiger partial charge in [0.05, 0.1) is 5.92 Å². The van der Waals surface area contributed by atoms with Crippen molar-refractivity contribution < 1.29 is 18.0 Å². The Morgan fingerprint density at radius 2 is 1.79 bits per heavy atom. The fraction of sp³-hybridized carbons (Fsp3) is 0.611. The summed E-state index contributed by atoms with van der Waals surface area (Å²) >= 11 is 0. The maximum atomic E-state index is 13.1. The van der Waals surface area contributed by atoms with Crippen LogP contribution < -0.4 is 5.32 Å². The molecule has 6 heteroatoms. The van der Waals surface area contributed by atoms with Crippen molar-refractivity contribution in [1.29, 1.82) is 0 Å². The van der Waals surface area contributed by atoms with Crippen molar-refractivity contribution in [2.45, 2.75) is 44.9 Å². The standard InChI is InChI=1S/C18H25F3N2O/c1-23(2)12-14-8-4-3-7-13(14)11-22-17(24)15-9-5-6-10-16(15)18(19,20)21/h3-4,7-8,15-16H,5-6,9-12H2,1-2H3,(H,22,24)/t15-,16-/m0/s1. The summed E-state index contributed by atoms with van der Waals surface area (Å²) in [6.45, 7) is 0.991. The van der Waals surface area contributed by atoms with E-state index in [0.717, 1.165) is 17.7 Å². The normalized spacial score (nSPS) is 21.8. The van der Waals surface area contributed by atoms with Crippen LogP contribution in [0.15, 0.2) is 24.3 Å². The number of hydrogen-bond donors (Lipinski definition) is 1. The number of hydrogen-bond acceptors (Lipinski definition) is 2. The lowest BCUT2D eigenvalue weighted by atomic mass is 9.78. The Balaban J connectivity index is 2.02. The second-order valence-corrected chi connectivity index (χ2v) is 6.76. The highest BCUT2D eigenvalue weighted by Gasteiger charge is 2.47. The Bertz CT molecular complexity index is 557. The van der Waals surface area contributed by atoms with Gasteiger partial charge in [0, 0.05) is 19.0 Å². The summed E-state index contributed by atoms with van der Waals surface area (Å²) in [6.07, 6.45) is -2.71. The van der Waals surface area contributed by atoms with Gasteiger partial charge >= 0.3 is 6.18 Å². The molecule has 0 aliphatic heterocycles. The molecule has 0 heterocycles. The van der Waals surface area contributed by atoms with Crippen LogP contribution in [0.5, 0.6) is 0 Å². The Kier molecular flexibility index (Phi) is 6.27. The third kappa shape index (κ3) is 4.97. The Morgan fingerprint density at radius 3 is 2.42 bits per heavy atom. The van der Waals surface area contributed by atoms with E-state index in [1.807, 2.05) is 43.3 Å². The number of benzene rings is 1. The third-order valence-corrected chi connectivity index (χ3v) is 4.58. The summed E-state index contributed by atoms with van der Waals surface area (Å²) in [5.74, 6) is -2.94. The predicted octanol–water partition coefficient (Wildman–Crippen LogP) is 3.73. The van der Waals surface area contributed by atoms with Crippen molar-refractivity contribution >= 4 is 5.91 Å². The molecule has 1 fully saturated rings. The van der Waals surface area contributed by atoms with Crippen LogP contribution in [-0.2, 0) is 17.9 Å². The number of nitrogens with zero attached hydrogens (tertiary/aromatic N) is 1. The van der Waals surface area contributed by atoms with Gasteiger partial charge in [0.2, 0.25) is 5.91 Å². The molecule has 0 bridgehead atoms. The van der Waals surface area contributed by atoms with E-state index >= 15 is 0 Å². The van der Waals surface area contributed by atoms with Gasteiger partial charge in [0.25, 0.3) is 0 Å². The minimum absolute atomic E-state index is 0.0544. The second-order valence-electron chi connectivity index (χ2n) is 6.76. The molecular weight excluding hydrogens is 317 g/mol. The van der Waals surface area contributed by atoms with Gasteiger partial charge in [0.1, 0.15) is 0 Å². The van der Waals surface area contributed by atoms with E-state index in [0.29, 0.717) is 19.3 Å². The second kappa shape index (κ2) is 8.01. The zero-order chi connectivity index (χ0) is 17.7. The molecule has 1 aliphatic rings. The van der Waals surface area contributed by atoms with Crippen molar-refractivity contribution in [2.24, 2.45) is 11.8 Å². The molecule has 0 radical (unpaired) electrons. The van der Waals surface area contributed by atoms with E-state index in [4.69, 9.17) is 0 Å². The topological polar surface area (TPSA) is 32.3 Å². The van der Waals surface area contributed by atoms with E-state index in [1.165, 1.54) is 0 Å². The smallest absolute Gasteiger partial charge is 0.352 e. The molecule has 0 aromatic heterocycles. The highest BCUT2D eigenvalue weighted by molar-refractivity contribution is 5.79. The van der Waals surface area contributed by atoms with Gasteiger partial charge < -0.3 is 10.2 Å². The zero-order valence-corrected chi connectivity index (χ0v) is 14.2. The van der Waals surface area contributed by atoms with E-state index in [-0.39, 0.29) is 13.0 Å². The summed E-state index contributed by atoms with van der Waals surface area (Å²) in [6, 6.07) is 7.67. The molecule has 1 aliphatic carbocycles. The first-order valence-electron chi connectivity index (χ1n) is 8.35. The van der Waals surface area contributed by atoms with Crippen LogP contribution >= 0.6 is 0 Å². The lowest BCUT2D eigenvalue weighted by molar-refractivity contribution is -0.198. The third-order valence-electron chi connectivity index (χ3n) is 4.58. The van der Waals surface area contributed by atoms with Crippen LogP contribution in [0.3, 0.4) is 0 Å². The van der Waals surface area contributed by atoms with Gasteiger partial charge in [-0.1, -0.05) is 37.1 Å². The largest absolute Gasteiger partial charge is 0.392 e. The van der Waals surface area contributed by atoms with Crippen molar-refractivity contribution in [1.82, 2.24) is 10.2 Å². The fourth-order valence-corrected chi connectivity index (χ4v) is 3.37. The Morgan fingerprint density at radius 1 is 1.17 bits per heavy atom. The highest BCUT2D eigenvalue weighted by Crippen LogP contribution is 2.41. The first-order valence-corrected chi connectivity index (χ1v) is 8.35. The number of halogens is 3. The molecule has 2 atom stereocenters. The van der Waals surface area contributed by atoms with Crippen LogP contribution in [0.1, 0.15) is 36.8 Å². The molecule has 1 amide bonds. The number of alkyl halides is 3. The lowest BCUT2D eigenvalue weighted by Crippen LogP contribution is -2.42. The first kappa shape index (κ1) is 18.8. The van der Waals surface area contributed by atoms with Crippen molar-refractivity contribution in [3.8, 4) is 0 Å². The van der Waals surface area contributed by atoms with Gasteiger partial charge in [-0.2, -0.15) is 13.2 Å². The van der Waals surface area contributed by atoms with Gasteiger partial charge in [-0.05, 0) is 38.1 Å². The molecule has 1 aromatic rings. The number of amides is 1. The Hall–Kier alpha value is -1.56. The molecule has 3 nitrogen and oxygen atoms in total. The van der Waals surface area contributed by atoms with Gasteiger partial charge in [-0.25, -0.2) is 0 Å². The molecule has 134 valence electrons. The van der Waals surface area contributed by atoms with E-state index in [9.17, 15) is 18.0 Å². The average molecular weight is 342 g/mol. The predicted molar refractivity (Wildman–Crippen MR) is 87.2 cm³/mol. The van der Waals surface area contributed by atoms with E-state index < -0.39 is 23.9 Å². The van der Waals surface area contributed by atoms with Crippen molar-refractivity contribution in [2.75, 3.05) is 14.1 Å². The zero-order valence-electron chi connectivity index (χ0n) is 14.2. The minimum Gasteiger partial charge on any atom is -0.352 e. The van der Waals surface area contributed by atoms with Gasteiger partial charge in [-0.15, -0.1) is 0 Å². The monoisotopic (exact) mass is 342 g/mol. The fourth-order valence-electron chi connectivity index (χ4n) is 3.37. The number of carbonyl (C=O) groups is 1. The summed E-state index contributed by atoms with van der Waals surface area (Å²) in [5.41, 5.74) is 2.01. The summed E-state index contributed by atoms with van der Waals surface area (Å²) in [5, 5.41) is 2.73. The van der Waals surface area contributed by atoms with Gasteiger partial charge in [-0.3, -0.25) is 4.79 Å². The number of rotatable bonds is 5. The van der Waals surface area contributed by atoms with Gasteiger partial charge in [0.15, 0.2) is 0 Å². The number of carbonyl (C=O) groups excluding carboxylic acids is 1. The summed E-state index contributed by atoms with van der Waals surface area (Å²) < 4.78 is 39.4. The summed E-state index contributed by atoms with van der Waals surface area (Å²) in [4.78, 5) is 14.4. The minimum atomic E-state index is -4.30. The van der Waals surface area contributed by atoms with Crippen LogP contribution in [0.25, 0.3) is 0 Å². The van der Waals surface area contributed by atoms with Crippen LogP contribution in [0.4, 0.5) is 13.2 Å². The molecule has 1 N–H and O–H groups in total. The van der Waals surface area contributed by atoms with Crippen LogP contribution in [-0.4, -0.2) is 31.1 Å². The van der Waals surface area contributed by atoms with Crippen LogP contribution in [0, 0.1) is 11.8 Å². The van der Waals surface area contributed by atoms with Crippen LogP contribution in [0.2, 0.25) is 0 Å². The van der Waals surface area contributed by atoms with E-state index in [1.54, 1.807) is 0 Å². The number of nitrogens with one attached hydrogen (secondary N) is 1. The SMILES string of the molecule is CN(C)Cc1ccccc1CNC(=O)[C@H]1CCCC[C@@H]1C(F)(F)F. The van der Waals surface area contributed by atoms with Crippen molar-refractivity contribution in [3.05, 3.63) is 35.4 Å². The van der Waals surface area contributed by atoms with E-state index in [2.05, 4.69) is 5.32 Å². The molecule has 24 heavy (non-hydrogen) atoms. The Labute approximate surface area is 141 Å². The molecule has 0 unspecified atom stereocenters. The van der Waals surface area contributed by atoms with Crippen molar-refractivity contribution in [3.63, 3.8) is 0 Å². The molecule has 2 rings (SSSR count). The summed E-state index contributed by atoms with van der Waals surface area (Å²) in [7, 11) is 3.90. The first-order chi connectivity index (χ1) is 11.3.